The van der Waals surface area contributed by atoms with Crippen LogP contribution in [0.2, 0.25) is 0 Å². The third-order valence-electron chi connectivity index (χ3n) is 3.16. The molecule has 0 bridgehead atoms. The standard InChI is InChI=1S/C15H15N3S2/c1-3-10-4-6-11(7-5-10)14-17-9(2)13(20-14)12-8-19-15(16)18-12/h4-8H,3H2,1-2H3,(H2,16,18). The van der Waals surface area contributed by atoms with Gasteiger partial charge in [0.2, 0.25) is 0 Å². The van der Waals surface area contributed by atoms with E-state index in [1.54, 1.807) is 11.3 Å². The zero-order valence-electron chi connectivity index (χ0n) is 11.4. The van der Waals surface area contributed by atoms with Gasteiger partial charge in [-0.05, 0) is 18.9 Å². The Hall–Kier alpha value is -1.72. The molecule has 0 saturated heterocycles. The number of aromatic nitrogens is 2. The second-order valence-corrected chi connectivity index (χ2v) is 6.44. The molecule has 0 spiro atoms. The maximum Gasteiger partial charge on any atom is 0.180 e. The summed E-state index contributed by atoms with van der Waals surface area (Å²) < 4.78 is 0. The van der Waals surface area contributed by atoms with Gasteiger partial charge < -0.3 is 5.73 Å². The molecule has 0 aliphatic rings. The van der Waals surface area contributed by atoms with Gasteiger partial charge in [-0.2, -0.15) is 0 Å². The molecular weight excluding hydrogens is 286 g/mol. The molecule has 0 aliphatic heterocycles. The first kappa shape index (κ1) is 13.3. The van der Waals surface area contributed by atoms with E-state index in [1.807, 2.05) is 12.3 Å². The van der Waals surface area contributed by atoms with E-state index < -0.39 is 0 Å². The van der Waals surface area contributed by atoms with Gasteiger partial charge >= 0.3 is 0 Å². The van der Waals surface area contributed by atoms with Gasteiger partial charge in [-0.1, -0.05) is 31.2 Å². The highest BCUT2D eigenvalue weighted by molar-refractivity contribution is 7.19. The zero-order chi connectivity index (χ0) is 14.1. The number of hydrogen-bond acceptors (Lipinski definition) is 5. The quantitative estimate of drug-likeness (QED) is 0.780. The van der Waals surface area contributed by atoms with E-state index >= 15 is 0 Å². The number of nitrogens with two attached hydrogens (primary N) is 1. The molecule has 1 aromatic carbocycles. The first-order valence-electron chi connectivity index (χ1n) is 6.45. The van der Waals surface area contributed by atoms with E-state index in [4.69, 9.17) is 5.73 Å². The number of nitrogen functional groups attached to an aromatic ring is 1. The summed E-state index contributed by atoms with van der Waals surface area (Å²) >= 11 is 3.13. The Morgan fingerprint density at radius 3 is 2.50 bits per heavy atom. The fourth-order valence-corrected chi connectivity index (χ4v) is 3.69. The van der Waals surface area contributed by atoms with Gasteiger partial charge in [0.25, 0.3) is 0 Å². The molecule has 2 N–H and O–H groups in total. The molecule has 0 unspecified atom stereocenters. The Kier molecular flexibility index (Phi) is 3.54. The normalized spacial score (nSPS) is 10.9. The topological polar surface area (TPSA) is 51.8 Å². The second-order valence-electron chi connectivity index (χ2n) is 4.56. The fraction of sp³-hybridized carbons (Fsp3) is 0.200. The van der Waals surface area contributed by atoms with Crippen molar-refractivity contribution in [1.29, 1.82) is 0 Å². The van der Waals surface area contributed by atoms with E-state index in [0.717, 1.165) is 33.3 Å². The minimum absolute atomic E-state index is 0.599. The van der Waals surface area contributed by atoms with Crippen molar-refractivity contribution in [2.45, 2.75) is 20.3 Å². The number of hydrogen-bond donors (Lipinski definition) is 1. The van der Waals surface area contributed by atoms with Crippen molar-refractivity contribution in [3.8, 4) is 21.1 Å². The maximum atomic E-state index is 5.71. The zero-order valence-corrected chi connectivity index (χ0v) is 13.0. The van der Waals surface area contributed by atoms with Crippen molar-refractivity contribution in [1.82, 2.24) is 9.97 Å². The van der Waals surface area contributed by atoms with Crippen molar-refractivity contribution in [3.63, 3.8) is 0 Å². The smallest absolute Gasteiger partial charge is 0.180 e. The van der Waals surface area contributed by atoms with Crippen LogP contribution in [-0.2, 0) is 6.42 Å². The highest BCUT2D eigenvalue weighted by atomic mass is 32.1. The number of anilines is 1. The van der Waals surface area contributed by atoms with Crippen LogP contribution in [0.25, 0.3) is 21.1 Å². The van der Waals surface area contributed by atoms with Gasteiger partial charge in [-0.25, -0.2) is 9.97 Å². The molecule has 0 atom stereocenters. The Balaban J connectivity index is 1.99. The second kappa shape index (κ2) is 5.34. The molecule has 3 rings (SSSR count). The van der Waals surface area contributed by atoms with Gasteiger partial charge in [0.1, 0.15) is 5.01 Å². The lowest BCUT2D eigenvalue weighted by atomic mass is 10.1. The van der Waals surface area contributed by atoms with Crippen molar-refractivity contribution in [2.75, 3.05) is 5.73 Å². The molecule has 3 aromatic rings. The Morgan fingerprint density at radius 1 is 1.15 bits per heavy atom. The molecule has 0 saturated carbocycles. The van der Waals surface area contributed by atoms with Crippen LogP contribution < -0.4 is 5.73 Å². The summed E-state index contributed by atoms with van der Waals surface area (Å²) in [4.78, 5) is 10.1. The molecule has 0 amide bonds. The van der Waals surface area contributed by atoms with E-state index in [1.165, 1.54) is 16.9 Å². The molecular formula is C15H15N3S2. The van der Waals surface area contributed by atoms with E-state index in [9.17, 15) is 0 Å². The van der Waals surface area contributed by atoms with Crippen LogP contribution in [0.1, 0.15) is 18.2 Å². The lowest BCUT2D eigenvalue weighted by molar-refractivity contribution is 1.14. The number of rotatable bonds is 3. The van der Waals surface area contributed by atoms with Crippen molar-refractivity contribution in [2.24, 2.45) is 0 Å². The summed E-state index contributed by atoms with van der Waals surface area (Å²) in [5, 5.41) is 3.62. The third-order valence-corrected chi connectivity index (χ3v) is 5.06. The average Bonchev–Trinajstić information content (AvgIpc) is 3.05. The van der Waals surface area contributed by atoms with Crippen LogP contribution in [-0.4, -0.2) is 9.97 Å². The highest BCUT2D eigenvalue weighted by Gasteiger charge is 2.13. The number of thiazole rings is 2. The number of benzene rings is 1. The summed E-state index contributed by atoms with van der Waals surface area (Å²) in [6, 6.07) is 8.59. The molecule has 0 radical (unpaired) electrons. The number of nitrogens with zero attached hydrogens (tertiary/aromatic N) is 2. The van der Waals surface area contributed by atoms with Crippen LogP contribution in [0.3, 0.4) is 0 Å². The molecule has 3 nitrogen and oxygen atoms in total. The molecule has 0 fully saturated rings. The third kappa shape index (κ3) is 2.46. The highest BCUT2D eigenvalue weighted by Crippen LogP contribution is 2.35. The van der Waals surface area contributed by atoms with Crippen molar-refractivity contribution < 1.29 is 0 Å². The lowest BCUT2D eigenvalue weighted by Crippen LogP contribution is -1.82. The van der Waals surface area contributed by atoms with Crippen LogP contribution in [0.4, 0.5) is 5.13 Å². The molecule has 2 aromatic heterocycles. The lowest BCUT2D eigenvalue weighted by Gasteiger charge is -1.98. The summed E-state index contributed by atoms with van der Waals surface area (Å²) in [6.07, 6.45) is 1.06. The van der Waals surface area contributed by atoms with Gasteiger partial charge in [-0.3, -0.25) is 0 Å². The summed E-state index contributed by atoms with van der Waals surface area (Å²) in [5.74, 6) is 0. The van der Waals surface area contributed by atoms with Gasteiger partial charge in [0.15, 0.2) is 5.13 Å². The summed E-state index contributed by atoms with van der Waals surface area (Å²) in [6.45, 7) is 4.18. The Bertz CT molecular complexity index is 726. The SMILES string of the molecule is CCc1ccc(-c2nc(C)c(-c3csc(N)n3)s2)cc1. The largest absolute Gasteiger partial charge is 0.375 e. The van der Waals surface area contributed by atoms with Crippen LogP contribution >= 0.6 is 22.7 Å². The minimum Gasteiger partial charge on any atom is -0.375 e. The van der Waals surface area contributed by atoms with Gasteiger partial charge in [0.05, 0.1) is 16.3 Å². The molecule has 102 valence electrons. The van der Waals surface area contributed by atoms with Crippen molar-refractivity contribution in [3.05, 3.63) is 40.9 Å². The van der Waals surface area contributed by atoms with Gasteiger partial charge in [0, 0.05) is 10.9 Å². The summed E-state index contributed by atoms with van der Waals surface area (Å²) in [7, 11) is 0. The van der Waals surface area contributed by atoms with Crippen molar-refractivity contribution >= 4 is 27.8 Å². The predicted molar refractivity (Wildman–Crippen MR) is 87.2 cm³/mol. The summed E-state index contributed by atoms with van der Waals surface area (Å²) in [5.41, 5.74) is 10.1. The monoisotopic (exact) mass is 301 g/mol. The van der Waals surface area contributed by atoms with E-state index in [-0.39, 0.29) is 0 Å². The number of aryl methyl sites for hydroxylation is 2. The molecule has 20 heavy (non-hydrogen) atoms. The first-order chi connectivity index (χ1) is 9.67. The van der Waals surface area contributed by atoms with E-state index in [2.05, 4.69) is 41.2 Å². The first-order valence-corrected chi connectivity index (χ1v) is 8.15. The van der Waals surface area contributed by atoms with Crippen LogP contribution in [0.5, 0.6) is 0 Å². The maximum absolute atomic E-state index is 5.71. The minimum atomic E-state index is 0.599. The van der Waals surface area contributed by atoms with Crippen LogP contribution in [0, 0.1) is 6.92 Å². The molecule has 2 heterocycles. The molecule has 0 aliphatic carbocycles. The van der Waals surface area contributed by atoms with Crippen LogP contribution in [0.15, 0.2) is 29.6 Å². The fourth-order valence-electron chi connectivity index (χ4n) is 2.03. The Morgan fingerprint density at radius 2 is 1.90 bits per heavy atom. The van der Waals surface area contributed by atoms with Gasteiger partial charge in [-0.15, -0.1) is 22.7 Å². The van der Waals surface area contributed by atoms with E-state index in [0.29, 0.717) is 5.13 Å². The predicted octanol–water partition coefficient (Wildman–Crippen LogP) is 4.39. The average molecular weight is 301 g/mol. The molecule has 5 heteroatoms. The Labute approximate surface area is 126 Å².